The van der Waals surface area contributed by atoms with E-state index in [4.69, 9.17) is 0 Å². The van der Waals surface area contributed by atoms with Crippen molar-refractivity contribution in [1.82, 2.24) is 19.1 Å². The van der Waals surface area contributed by atoms with Gasteiger partial charge in [-0.2, -0.15) is 0 Å². The molecule has 0 spiro atoms. The van der Waals surface area contributed by atoms with Crippen LogP contribution in [0.1, 0.15) is 25.9 Å². The highest BCUT2D eigenvalue weighted by Crippen LogP contribution is 2.24. The fourth-order valence-electron chi connectivity index (χ4n) is 3.23. The molecular weight excluding hydrogens is 320 g/mol. The fourth-order valence-corrected chi connectivity index (χ4v) is 3.23. The molecule has 0 N–H and O–H groups in total. The third-order valence-corrected chi connectivity index (χ3v) is 4.58. The normalized spacial score (nSPS) is 11.2. The number of nitrogens with zero attached hydrogens (tertiary/aromatic N) is 4. The molecule has 4 aromatic rings. The topological polar surface area (TPSA) is 35.6 Å². The quantitative estimate of drug-likeness (QED) is 0.479. The molecule has 0 aliphatic heterocycles. The summed E-state index contributed by atoms with van der Waals surface area (Å²) < 4.78 is 4.37. The van der Waals surface area contributed by atoms with Crippen molar-refractivity contribution in [3.8, 4) is 22.5 Å². The molecule has 0 unspecified atom stereocenters. The van der Waals surface area contributed by atoms with Gasteiger partial charge in [0.15, 0.2) is 0 Å². The number of aromatic nitrogens is 4. The maximum atomic E-state index is 4.61. The summed E-state index contributed by atoms with van der Waals surface area (Å²) in [7, 11) is 0. The molecule has 0 aliphatic rings. The van der Waals surface area contributed by atoms with Gasteiger partial charge >= 0.3 is 0 Å². The lowest BCUT2D eigenvalue weighted by molar-refractivity contribution is 0.397. The maximum Gasteiger partial charge on any atom is 0.112 e. The van der Waals surface area contributed by atoms with Crippen LogP contribution in [0, 0.1) is 0 Å². The van der Waals surface area contributed by atoms with E-state index in [1.165, 1.54) is 0 Å². The second kappa shape index (κ2) is 7.40. The van der Waals surface area contributed by atoms with Crippen molar-refractivity contribution < 1.29 is 0 Å². The monoisotopic (exact) mass is 342 g/mol. The van der Waals surface area contributed by atoms with Gasteiger partial charge in [-0.3, -0.25) is 0 Å². The van der Waals surface area contributed by atoms with E-state index in [0.717, 1.165) is 35.4 Å². The minimum Gasteiger partial charge on any atom is -0.315 e. The van der Waals surface area contributed by atoms with E-state index in [9.17, 15) is 0 Å². The molecule has 0 bridgehead atoms. The Morgan fingerprint density at radius 2 is 1.19 bits per heavy atom. The van der Waals surface area contributed by atoms with Crippen molar-refractivity contribution in [2.75, 3.05) is 0 Å². The Bertz CT molecular complexity index is 876. The van der Waals surface area contributed by atoms with Gasteiger partial charge in [-0.15, -0.1) is 0 Å². The zero-order valence-corrected chi connectivity index (χ0v) is 14.9. The highest BCUT2D eigenvalue weighted by atomic mass is 15.2. The number of hydrogen-bond donors (Lipinski definition) is 0. The van der Waals surface area contributed by atoms with E-state index < -0.39 is 0 Å². The standard InChI is InChI=1S/C22H22N4/c1-2-9-22(25-14-20(23-16-25)18-10-5-3-6-11-18)26-15-21(24-17-26)19-12-7-4-8-13-19/h3-8,10-17,22H,2,9H2,1H3. The van der Waals surface area contributed by atoms with Crippen LogP contribution in [-0.2, 0) is 0 Å². The molecule has 26 heavy (non-hydrogen) atoms. The van der Waals surface area contributed by atoms with Crippen LogP contribution in [0.25, 0.3) is 22.5 Å². The molecule has 4 nitrogen and oxygen atoms in total. The van der Waals surface area contributed by atoms with Gasteiger partial charge in [0.1, 0.15) is 6.17 Å². The number of benzene rings is 2. The second-order valence-corrected chi connectivity index (χ2v) is 6.41. The highest BCUT2D eigenvalue weighted by Gasteiger charge is 2.15. The van der Waals surface area contributed by atoms with Gasteiger partial charge in [-0.1, -0.05) is 74.0 Å². The molecule has 0 saturated heterocycles. The first-order valence-electron chi connectivity index (χ1n) is 9.03. The van der Waals surface area contributed by atoms with E-state index >= 15 is 0 Å². The van der Waals surface area contributed by atoms with Crippen LogP contribution in [0.4, 0.5) is 0 Å². The molecule has 2 aromatic heterocycles. The molecule has 0 fully saturated rings. The summed E-state index contributed by atoms with van der Waals surface area (Å²) in [5, 5.41) is 0. The lowest BCUT2D eigenvalue weighted by atomic mass is 10.2. The molecule has 0 saturated carbocycles. The summed E-state index contributed by atoms with van der Waals surface area (Å²) >= 11 is 0. The maximum absolute atomic E-state index is 4.61. The molecule has 4 rings (SSSR count). The van der Waals surface area contributed by atoms with Gasteiger partial charge in [0.05, 0.1) is 24.0 Å². The highest BCUT2D eigenvalue weighted by molar-refractivity contribution is 5.58. The zero-order valence-electron chi connectivity index (χ0n) is 14.9. The average Bonchev–Trinajstić information content (AvgIpc) is 3.38. The van der Waals surface area contributed by atoms with Crippen molar-refractivity contribution in [3.05, 3.63) is 85.7 Å². The minimum atomic E-state index is 0.176. The third kappa shape index (κ3) is 3.31. The third-order valence-electron chi connectivity index (χ3n) is 4.58. The predicted octanol–water partition coefficient (Wildman–Crippen LogP) is 5.26. The fraction of sp³-hybridized carbons (Fsp3) is 0.182. The Hall–Kier alpha value is -3.14. The Balaban J connectivity index is 1.65. The van der Waals surface area contributed by atoms with Crippen LogP contribution in [0.2, 0.25) is 0 Å². The summed E-state index contributed by atoms with van der Waals surface area (Å²) in [6.45, 7) is 2.21. The second-order valence-electron chi connectivity index (χ2n) is 6.41. The van der Waals surface area contributed by atoms with Gasteiger partial charge in [0.2, 0.25) is 0 Å². The molecule has 2 aromatic carbocycles. The molecule has 0 aliphatic carbocycles. The number of imidazole rings is 2. The van der Waals surface area contributed by atoms with Crippen LogP contribution in [0.3, 0.4) is 0 Å². The van der Waals surface area contributed by atoms with Crippen LogP contribution in [-0.4, -0.2) is 19.1 Å². The van der Waals surface area contributed by atoms with E-state index in [1.54, 1.807) is 0 Å². The SMILES string of the molecule is CCCC(n1cnc(-c2ccccc2)c1)n1cnc(-c2ccccc2)c1. The van der Waals surface area contributed by atoms with Crippen molar-refractivity contribution in [2.45, 2.75) is 25.9 Å². The van der Waals surface area contributed by atoms with Gasteiger partial charge < -0.3 is 9.13 Å². The van der Waals surface area contributed by atoms with E-state index in [0.29, 0.717) is 0 Å². The zero-order chi connectivity index (χ0) is 17.8. The Morgan fingerprint density at radius 3 is 1.62 bits per heavy atom. The summed E-state index contributed by atoms with van der Waals surface area (Å²) in [5.41, 5.74) is 4.26. The van der Waals surface area contributed by atoms with Gasteiger partial charge in [0.25, 0.3) is 0 Å². The van der Waals surface area contributed by atoms with Gasteiger partial charge in [-0.05, 0) is 6.42 Å². The molecule has 0 atom stereocenters. The van der Waals surface area contributed by atoms with Crippen molar-refractivity contribution in [1.29, 1.82) is 0 Å². The van der Waals surface area contributed by atoms with Crippen LogP contribution in [0.5, 0.6) is 0 Å². The Labute approximate surface area is 153 Å². The Kier molecular flexibility index (Phi) is 4.65. The van der Waals surface area contributed by atoms with Crippen molar-refractivity contribution in [2.24, 2.45) is 0 Å². The van der Waals surface area contributed by atoms with E-state index in [1.807, 2.05) is 49.1 Å². The molecule has 2 heterocycles. The van der Waals surface area contributed by atoms with Gasteiger partial charge in [0, 0.05) is 23.5 Å². The number of rotatable bonds is 6. The van der Waals surface area contributed by atoms with Crippen LogP contribution in [0.15, 0.2) is 85.7 Å². The lowest BCUT2D eigenvalue weighted by Gasteiger charge is -2.19. The molecule has 4 heteroatoms. The van der Waals surface area contributed by atoms with E-state index in [2.05, 4.69) is 62.7 Å². The largest absolute Gasteiger partial charge is 0.315 e. The summed E-state index contributed by atoms with van der Waals surface area (Å²) in [4.78, 5) is 9.22. The first-order valence-corrected chi connectivity index (χ1v) is 9.03. The number of hydrogen-bond acceptors (Lipinski definition) is 2. The summed E-state index contributed by atoms with van der Waals surface area (Å²) in [6.07, 6.45) is 10.4. The smallest absolute Gasteiger partial charge is 0.112 e. The summed E-state index contributed by atoms with van der Waals surface area (Å²) in [6, 6.07) is 20.6. The van der Waals surface area contributed by atoms with Crippen LogP contribution >= 0.6 is 0 Å². The van der Waals surface area contributed by atoms with Crippen molar-refractivity contribution >= 4 is 0 Å². The van der Waals surface area contributed by atoms with E-state index in [-0.39, 0.29) is 6.17 Å². The molecule has 0 amide bonds. The lowest BCUT2D eigenvalue weighted by Crippen LogP contribution is -2.15. The predicted molar refractivity (Wildman–Crippen MR) is 105 cm³/mol. The summed E-state index contributed by atoms with van der Waals surface area (Å²) in [5.74, 6) is 0. The van der Waals surface area contributed by atoms with Crippen molar-refractivity contribution in [3.63, 3.8) is 0 Å². The van der Waals surface area contributed by atoms with Gasteiger partial charge in [-0.25, -0.2) is 9.97 Å². The molecular formula is C22H22N4. The molecule has 130 valence electrons. The minimum absolute atomic E-state index is 0.176. The average molecular weight is 342 g/mol. The first-order chi connectivity index (χ1) is 12.8. The molecule has 0 radical (unpaired) electrons. The Morgan fingerprint density at radius 1 is 0.731 bits per heavy atom. The first kappa shape index (κ1) is 16.3. The van der Waals surface area contributed by atoms with Crippen LogP contribution < -0.4 is 0 Å².